The Labute approximate surface area is 186 Å². The van der Waals surface area contributed by atoms with Gasteiger partial charge in [-0.3, -0.25) is 9.59 Å². The molecule has 1 aromatic heterocycles. The Bertz CT molecular complexity index is 1130. The molecule has 4 rings (SSSR count). The van der Waals surface area contributed by atoms with Crippen molar-refractivity contribution < 1.29 is 9.59 Å². The second-order valence-corrected chi connectivity index (χ2v) is 8.33. The van der Waals surface area contributed by atoms with Crippen molar-refractivity contribution in [1.82, 2.24) is 25.2 Å². The Balaban J connectivity index is 1.36. The van der Waals surface area contributed by atoms with E-state index in [0.717, 1.165) is 11.3 Å². The minimum atomic E-state index is -0.296. The van der Waals surface area contributed by atoms with Crippen LogP contribution in [0.3, 0.4) is 0 Å². The molecule has 1 saturated heterocycles. The van der Waals surface area contributed by atoms with Crippen LogP contribution in [0, 0.1) is 19.8 Å². The van der Waals surface area contributed by atoms with Gasteiger partial charge in [-0.2, -0.15) is 0 Å². The zero-order chi connectivity index (χ0) is 22.0. The summed E-state index contributed by atoms with van der Waals surface area (Å²) in [7, 11) is 0. The van der Waals surface area contributed by atoms with E-state index in [0.29, 0.717) is 36.8 Å². The largest absolute Gasteiger partial charge is 0.350 e. The third-order valence-corrected chi connectivity index (χ3v) is 5.87. The van der Waals surface area contributed by atoms with Gasteiger partial charge in [0.1, 0.15) is 0 Å². The monoisotopic (exact) mass is 437 g/mol. The van der Waals surface area contributed by atoms with Crippen molar-refractivity contribution in [3.8, 4) is 5.69 Å². The van der Waals surface area contributed by atoms with Gasteiger partial charge in [0, 0.05) is 37.0 Å². The molecule has 0 saturated carbocycles. The first-order valence-corrected chi connectivity index (χ1v) is 10.6. The average Bonchev–Trinajstić information content (AvgIpc) is 3.30. The maximum Gasteiger partial charge on any atom is 0.273 e. The van der Waals surface area contributed by atoms with Crippen LogP contribution >= 0.6 is 11.6 Å². The van der Waals surface area contributed by atoms with Gasteiger partial charge in [0.2, 0.25) is 5.91 Å². The van der Waals surface area contributed by atoms with Crippen LogP contribution < -0.4 is 5.32 Å². The smallest absolute Gasteiger partial charge is 0.273 e. The van der Waals surface area contributed by atoms with Gasteiger partial charge in [-0.15, -0.1) is 5.10 Å². The summed E-state index contributed by atoms with van der Waals surface area (Å²) in [6.45, 7) is 5.48. The molecule has 2 amide bonds. The highest BCUT2D eigenvalue weighted by molar-refractivity contribution is 6.30. The molecular weight excluding hydrogens is 414 g/mol. The van der Waals surface area contributed by atoms with Crippen molar-refractivity contribution in [1.29, 1.82) is 0 Å². The lowest BCUT2D eigenvalue weighted by molar-refractivity contribution is -0.128. The van der Waals surface area contributed by atoms with E-state index in [2.05, 4.69) is 15.6 Å². The first-order valence-electron chi connectivity index (χ1n) is 10.2. The normalized spacial score (nSPS) is 16.0. The summed E-state index contributed by atoms with van der Waals surface area (Å²) in [6, 6.07) is 15.3. The van der Waals surface area contributed by atoms with Gasteiger partial charge in [0.05, 0.1) is 11.4 Å². The Morgan fingerprint density at radius 1 is 1.19 bits per heavy atom. The van der Waals surface area contributed by atoms with E-state index in [1.165, 1.54) is 5.56 Å². The molecular formula is C23H24ClN5O2. The summed E-state index contributed by atoms with van der Waals surface area (Å²) in [5.74, 6) is -0.107. The summed E-state index contributed by atoms with van der Waals surface area (Å²) in [5, 5.41) is 11.6. The number of aromatic nitrogens is 3. The number of halogens is 1. The third-order valence-electron chi connectivity index (χ3n) is 5.63. The van der Waals surface area contributed by atoms with Crippen LogP contribution in [0.15, 0.2) is 48.5 Å². The number of carbonyl (C=O) groups is 2. The Kier molecular flexibility index (Phi) is 6.04. The lowest BCUT2D eigenvalue weighted by Gasteiger charge is -2.18. The predicted molar refractivity (Wildman–Crippen MR) is 118 cm³/mol. The SMILES string of the molecule is Cc1ccccc1CN1CC(CNC(=O)c2nnn(-c3cccc(Cl)c3)c2C)CC1=O. The van der Waals surface area contributed by atoms with E-state index in [4.69, 9.17) is 11.6 Å². The van der Waals surface area contributed by atoms with Crippen molar-refractivity contribution in [2.75, 3.05) is 13.1 Å². The number of nitrogens with one attached hydrogen (secondary N) is 1. The van der Waals surface area contributed by atoms with E-state index in [1.807, 2.05) is 48.2 Å². The molecule has 7 nitrogen and oxygen atoms in total. The molecule has 8 heteroatoms. The summed E-state index contributed by atoms with van der Waals surface area (Å²) in [6.07, 6.45) is 0.431. The molecule has 2 aromatic carbocycles. The lowest BCUT2D eigenvalue weighted by Crippen LogP contribution is -2.31. The number of hydrogen-bond acceptors (Lipinski definition) is 4. The van der Waals surface area contributed by atoms with E-state index < -0.39 is 0 Å². The number of carbonyl (C=O) groups excluding carboxylic acids is 2. The summed E-state index contributed by atoms with van der Waals surface area (Å²) < 4.78 is 1.59. The standard InChI is InChI=1S/C23H24ClN5O2/c1-15-6-3-4-7-18(15)14-28-13-17(10-21(28)30)12-25-23(31)22-16(2)29(27-26-22)20-9-5-8-19(24)11-20/h3-9,11,17H,10,12-14H2,1-2H3,(H,25,31). The minimum Gasteiger partial charge on any atom is -0.350 e. The molecule has 2 heterocycles. The fourth-order valence-corrected chi connectivity index (χ4v) is 4.03. The second-order valence-electron chi connectivity index (χ2n) is 7.90. The topological polar surface area (TPSA) is 80.1 Å². The molecule has 0 radical (unpaired) electrons. The molecule has 0 spiro atoms. The highest BCUT2D eigenvalue weighted by atomic mass is 35.5. The van der Waals surface area contributed by atoms with Gasteiger partial charge in [-0.1, -0.05) is 47.1 Å². The van der Waals surface area contributed by atoms with E-state index in [9.17, 15) is 9.59 Å². The molecule has 0 aliphatic carbocycles. The predicted octanol–water partition coefficient (Wildman–Crippen LogP) is 3.32. The van der Waals surface area contributed by atoms with Crippen LogP contribution in [0.4, 0.5) is 0 Å². The van der Waals surface area contributed by atoms with Gasteiger partial charge in [0.25, 0.3) is 5.91 Å². The molecule has 31 heavy (non-hydrogen) atoms. The summed E-state index contributed by atoms with van der Waals surface area (Å²) in [5.41, 5.74) is 3.95. The fourth-order valence-electron chi connectivity index (χ4n) is 3.85. The number of rotatable bonds is 6. The van der Waals surface area contributed by atoms with Crippen molar-refractivity contribution >= 4 is 23.4 Å². The third kappa shape index (κ3) is 4.61. The molecule has 1 atom stereocenters. The molecule has 3 aromatic rings. The summed E-state index contributed by atoms with van der Waals surface area (Å²) >= 11 is 6.05. The lowest BCUT2D eigenvalue weighted by atomic mass is 10.1. The highest BCUT2D eigenvalue weighted by Gasteiger charge is 2.30. The number of aryl methyl sites for hydroxylation is 1. The van der Waals surface area contributed by atoms with Gasteiger partial charge in [0.15, 0.2) is 5.69 Å². The van der Waals surface area contributed by atoms with Gasteiger partial charge >= 0.3 is 0 Å². The van der Waals surface area contributed by atoms with Crippen LogP contribution in [-0.4, -0.2) is 44.8 Å². The van der Waals surface area contributed by atoms with Crippen molar-refractivity contribution in [3.63, 3.8) is 0 Å². The van der Waals surface area contributed by atoms with Gasteiger partial charge < -0.3 is 10.2 Å². The number of nitrogens with zero attached hydrogens (tertiary/aromatic N) is 4. The Morgan fingerprint density at radius 3 is 2.77 bits per heavy atom. The molecule has 1 N–H and O–H groups in total. The van der Waals surface area contributed by atoms with Crippen LogP contribution in [0.5, 0.6) is 0 Å². The van der Waals surface area contributed by atoms with Crippen LogP contribution in [0.2, 0.25) is 5.02 Å². The molecule has 1 aliphatic rings. The van der Waals surface area contributed by atoms with Gasteiger partial charge in [-0.25, -0.2) is 4.68 Å². The van der Waals surface area contributed by atoms with Crippen LogP contribution in [0.1, 0.15) is 33.7 Å². The number of amides is 2. The minimum absolute atomic E-state index is 0.0729. The van der Waals surface area contributed by atoms with E-state index in [1.54, 1.807) is 23.7 Å². The number of hydrogen-bond donors (Lipinski definition) is 1. The van der Waals surface area contributed by atoms with Crippen LogP contribution in [0.25, 0.3) is 5.69 Å². The summed E-state index contributed by atoms with van der Waals surface area (Å²) in [4.78, 5) is 27.0. The second kappa shape index (κ2) is 8.89. The maximum absolute atomic E-state index is 12.7. The fraction of sp³-hybridized carbons (Fsp3) is 0.304. The first-order chi connectivity index (χ1) is 14.9. The molecule has 0 bridgehead atoms. The zero-order valence-corrected chi connectivity index (χ0v) is 18.3. The maximum atomic E-state index is 12.7. The van der Waals surface area contributed by atoms with Crippen LogP contribution in [-0.2, 0) is 11.3 Å². The Hall–Kier alpha value is -3.19. The molecule has 1 aliphatic heterocycles. The zero-order valence-electron chi connectivity index (χ0n) is 17.5. The van der Waals surface area contributed by atoms with Gasteiger partial charge in [-0.05, 0) is 43.2 Å². The van der Waals surface area contributed by atoms with E-state index >= 15 is 0 Å². The quantitative estimate of drug-likeness (QED) is 0.641. The van der Waals surface area contributed by atoms with Crippen molar-refractivity contribution in [2.24, 2.45) is 5.92 Å². The first kappa shape index (κ1) is 21.1. The molecule has 1 unspecified atom stereocenters. The molecule has 160 valence electrons. The average molecular weight is 438 g/mol. The number of benzene rings is 2. The Morgan fingerprint density at radius 2 is 2.00 bits per heavy atom. The van der Waals surface area contributed by atoms with Crippen molar-refractivity contribution in [3.05, 3.63) is 76.1 Å². The van der Waals surface area contributed by atoms with E-state index in [-0.39, 0.29) is 23.4 Å². The van der Waals surface area contributed by atoms with Crippen molar-refractivity contribution in [2.45, 2.75) is 26.8 Å². The molecule has 1 fully saturated rings. The highest BCUT2D eigenvalue weighted by Crippen LogP contribution is 2.21. The number of likely N-dealkylation sites (tertiary alicyclic amines) is 1.